The van der Waals surface area contributed by atoms with E-state index in [9.17, 15) is 8.78 Å². The van der Waals surface area contributed by atoms with Crippen LogP contribution in [0.3, 0.4) is 0 Å². The lowest BCUT2D eigenvalue weighted by molar-refractivity contribution is 0.430. The highest BCUT2D eigenvalue weighted by atomic mass is 19.2. The highest BCUT2D eigenvalue weighted by Crippen LogP contribution is 2.33. The van der Waals surface area contributed by atoms with Gasteiger partial charge in [0, 0.05) is 24.1 Å². The molecule has 0 bridgehead atoms. The topological polar surface area (TPSA) is 40.7 Å². The highest BCUT2D eigenvalue weighted by molar-refractivity contribution is 5.75. The lowest BCUT2D eigenvalue weighted by atomic mass is 9.83. The van der Waals surface area contributed by atoms with Crippen LogP contribution < -0.4 is 5.32 Å². The molecule has 2 heterocycles. The van der Waals surface area contributed by atoms with E-state index < -0.39 is 11.6 Å². The number of aromatic amines is 1. The summed E-state index contributed by atoms with van der Waals surface area (Å²) in [6.45, 7) is 3.92. The Hall–Kier alpha value is -1.49. The second-order valence-electron chi connectivity index (χ2n) is 4.93. The van der Waals surface area contributed by atoms with Crippen LogP contribution in [0.2, 0.25) is 0 Å². The van der Waals surface area contributed by atoms with Crippen LogP contribution in [0, 0.1) is 11.6 Å². The van der Waals surface area contributed by atoms with Crippen molar-refractivity contribution in [2.45, 2.75) is 25.2 Å². The largest absolute Gasteiger partial charge is 0.341 e. The molecule has 1 unspecified atom stereocenters. The zero-order chi connectivity index (χ0) is 12.8. The third-order valence-electron chi connectivity index (χ3n) is 3.95. The number of rotatable bonds is 2. The van der Waals surface area contributed by atoms with Crippen molar-refractivity contribution >= 4 is 11.0 Å². The molecule has 0 amide bonds. The molecule has 1 aromatic heterocycles. The number of benzene rings is 1. The number of nitrogens with one attached hydrogen (secondary N) is 2. The first-order chi connectivity index (χ1) is 8.64. The third-order valence-corrected chi connectivity index (χ3v) is 3.95. The molecule has 2 N–H and O–H groups in total. The molecule has 18 heavy (non-hydrogen) atoms. The van der Waals surface area contributed by atoms with Gasteiger partial charge < -0.3 is 10.3 Å². The number of hydrogen-bond acceptors (Lipinski definition) is 2. The van der Waals surface area contributed by atoms with Crippen LogP contribution >= 0.6 is 0 Å². The molecule has 1 aliphatic heterocycles. The number of fused-ring (bicyclic) bond motifs is 1. The minimum absolute atomic E-state index is 0.0357. The second kappa shape index (κ2) is 4.02. The summed E-state index contributed by atoms with van der Waals surface area (Å²) >= 11 is 0. The van der Waals surface area contributed by atoms with Gasteiger partial charge in [-0.15, -0.1) is 0 Å². The van der Waals surface area contributed by atoms with E-state index in [-0.39, 0.29) is 5.41 Å². The van der Waals surface area contributed by atoms with E-state index in [0.29, 0.717) is 11.0 Å². The molecule has 3 nitrogen and oxygen atoms in total. The van der Waals surface area contributed by atoms with Gasteiger partial charge >= 0.3 is 0 Å². The SMILES string of the molecule is CCC1(c2nc3cc(F)c(F)cc3[nH]2)CCNC1. The molecule has 1 aromatic carbocycles. The van der Waals surface area contributed by atoms with Crippen molar-refractivity contribution in [2.75, 3.05) is 13.1 Å². The average molecular weight is 251 g/mol. The smallest absolute Gasteiger partial charge is 0.161 e. The quantitative estimate of drug-likeness (QED) is 0.861. The first-order valence-electron chi connectivity index (χ1n) is 6.20. The average Bonchev–Trinajstić information content (AvgIpc) is 2.96. The van der Waals surface area contributed by atoms with Crippen molar-refractivity contribution in [3.8, 4) is 0 Å². The Kier molecular flexibility index (Phi) is 2.59. The van der Waals surface area contributed by atoms with Gasteiger partial charge in [0.25, 0.3) is 0 Å². The summed E-state index contributed by atoms with van der Waals surface area (Å²) in [5.41, 5.74) is 1.01. The fraction of sp³-hybridized carbons (Fsp3) is 0.462. The van der Waals surface area contributed by atoms with E-state index in [1.807, 2.05) is 0 Å². The number of hydrogen-bond donors (Lipinski definition) is 2. The molecule has 3 rings (SSSR count). The summed E-state index contributed by atoms with van der Waals surface area (Å²) in [7, 11) is 0. The molecule has 0 saturated carbocycles. The first kappa shape index (κ1) is 11.6. The van der Waals surface area contributed by atoms with Crippen LogP contribution in [-0.4, -0.2) is 23.1 Å². The van der Waals surface area contributed by atoms with Crippen LogP contribution in [0.1, 0.15) is 25.6 Å². The van der Waals surface area contributed by atoms with Crippen molar-refractivity contribution < 1.29 is 8.78 Å². The van der Waals surface area contributed by atoms with E-state index in [4.69, 9.17) is 0 Å². The molecule has 96 valence electrons. The first-order valence-corrected chi connectivity index (χ1v) is 6.20. The maximum Gasteiger partial charge on any atom is 0.161 e. The molecular weight excluding hydrogens is 236 g/mol. The van der Waals surface area contributed by atoms with Gasteiger partial charge in [0.2, 0.25) is 0 Å². The number of H-pyrrole nitrogens is 1. The minimum atomic E-state index is -0.851. The molecule has 1 atom stereocenters. The van der Waals surface area contributed by atoms with Gasteiger partial charge in [0.1, 0.15) is 5.82 Å². The van der Waals surface area contributed by atoms with Crippen LogP contribution in [0.5, 0.6) is 0 Å². The molecule has 0 aliphatic carbocycles. The maximum atomic E-state index is 13.2. The minimum Gasteiger partial charge on any atom is -0.341 e. The van der Waals surface area contributed by atoms with Crippen LogP contribution in [-0.2, 0) is 5.41 Å². The van der Waals surface area contributed by atoms with Gasteiger partial charge in [-0.2, -0.15) is 0 Å². The fourth-order valence-corrected chi connectivity index (χ4v) is 2.67. The molecule has 1 fully saturated rings. The van der Waals surface area contributed by atoms with Gasteiger partial charge in [-0.3, -0.25) is 0 Å². The Bertz CT molecular complexity index is 546. The normalized spacial score (nSPS) is 23.9. The molecule has 1 aliphatic rings. The molecule has 5 heteroatoms. The Morgan fingerprint density at radius 1 is 1.33 bits per heavy atom. The Labute approximate surface area is 104 Å². The number of nitrogens with zero attached hydrogens (tertiary/aromatic N) is 1. The van der Waals surface area contributed by atoms with E-state index in [2.05, 4.69) is 22.2 Å². The summed E-state index contributed by atoms with van der Waals surface area (Å²) in [4.78, 5) is 7.58. The van der Waals surface area contributed by atoms with Crippen LogP contribution in [0.15, 0.2) is 12.1 Å². The van der Waals surface area contributed by atoms with Gasteiger partial charge in [-0.25, -0.2) is 13.8 Å². The predicted octanol–water partition coefficient (Wildman–Crippen LogP) is 2.48. The van der Waals surface area contributed by atoms with Crippen molar-refractivity contribution in [3.05, 3.63) is 29.6 Å². The van der Waals surface area contributed by atoms with Crippen LogP contribution in [0.25, 0.3) is 11.0 Å². The molecule has 0 radical (unpaired) electrons. The number of imidazole rings is 1. The summed E-state index contributed by atoms with van der Waals surface area (Å²) < 4.78 is 26.3. The van der Waals surface area contributed by atoms with E-state index in [0.717, 1.165) is 37.8 Å². The van der Waals surface area contributed by atoms with E-state index >= 15 is 0 Å². The highest BCUT2D eigenvalue weighted by Gasteiger charge is 2.36. The Morgan fingerprint density at radius 2 is 2.11 bits per heavy atom. The summed E-state index contributed by atoms with van der Waals surface area (Å²) in [6, 6.07) is 2.32. The summed E-state index contributed by atoms with van der Waals surface area (Å²) in [6.07, 6.45) is 1.94. The zero-order valence-corrected chi connectivity index (χ0v) is 10.2. The standard InChI is InChI=1S/C13H15F2N3/c1-2-13(3-4-16-7-13)12-17-10-5-8(14)9(15)6-11(10)18-12/h5-6,16H,2-4,7H2,1H3,(H,17,18). The molecular formula is C13H15F2N3. The summed E-state index contributed by atoms with van der Waals surface area (Å²) in [5.74, 6) is -0.863. The molecule has 2 aromatic rings. The van der Waals surface area contributed by atoms with Crippen LogP contribution in [0.4, 0.5) is 8.78 Å². The van der Waals surface area contributed by atoms with E-state index in [1.165, 1.54) is 6.07 Å². The van der Waals surface area contributed by atoms with Crippen molar-refractivity contribution in [3.63, 3.8) is 0 Å². The monoisotopic (exact) mass is 251 g/mol. The molecule has 1 saturated heterocycles. The van der Waals surface area contributed by atoms with Gasteiger partial charge in [0.15, 0.2) is 11.6 Å². The second-order valence-corrected chi connectivity index (χ2v) is 4.93. The number of halogens is 2. The van der Waals surface area contributed by atoms with Gasteiger partial charge in [0.05, 0.1) is 11.0 Å². The maximum absolute atomic E-state index is 13.2. The Morgan fingerprint density at radius 3 is 2.78 bits per heavy atom. The fourth-order valence-electron chi connectivity index (χ4n) is 2.67. The molecule has 0 spiro atoms. The van der Waals surface area contributed by atoms with Crippen molar-refractivity contribution in [2.24, 2.45) is 0 Å². The third kappa shape index (κ3) is 1.61. The lowest BCUT2D eigenvalue weighted by Gasteiger charge is -2.23. The van der Waals surface area contributed by atoms with Crippen molar-refractivity contribution in [1.29, 1.82) is 0 Å². The summed E-state index contributed by atoms with van der Waals surface area (Å²) in [5, 5.41) is 3.32. The number of aromatic nitrogens is 2. The predicted molar refractivity (Wildman–Crippen MR) is 65.5 cm³/mol. The Balaban J connectivity index is 2.13. The zero-order valence-electron chi connectivity index (χ0n) is 10.2. The van der Waals surface area contributed by atoms with Crippen molar-refractivity contribution in [1.82, 2.24) is 15.3 Å². The van der Waals surface area contributed by atoms with Gasteiger partial charge in [-0.1, -0.05) is 6.92 Å². The van der Waals surface area contributed by atoms with E-state index in [1.54, 1.807) is 0 Å². The van der Waals surface area contributed by atoms with Gasteiger partial charge in [-0.05, 0) is 19.4 Å². The lowest BCUT2D eigenvalue weighted by Crippen LogP contribution is -2.29.